The largest absolute Gasteiger partial charge is 0.508 e. The normalized spacial score (nSPS) is 11.4. The Morgan fingerprint density at radius 3 is 2.79 bits per heavy atom. The van der Waals surface area contributed by atoms with Crippen LogP contribution in [0.1, 0.15) is 19.6 Å². The second-order valence-corrected chi connectivity index (χ2v) is 4.03. The molecule has 2 nitrogen and oxygen atoms in total. The zero-order chi connectivity index (χ0) is 10.1. The van der Waals surface area contributed by atoms with Crippen LogP contribution < -0.4 is 0 Å². The van der Waals surface area contributed by atoms with Gasteiger partial charge in [0.05, 0.1) is 0 Å². The lowest BCUT2D eigenvalue weighted by Crippen LogP contribution is -1.90. The summed E-state index contributed by atoms with van der Waals surface area (Å²) in [5.74, 6) is 1.83. The summed E-state index contributed by atoms with van der Waals surface area (Å²) >= 11 is 0. The van der Waals surface area contributed by atoms with E-state index in [1.165, 1.54) is 0 Å². The summed E-state index contributed by atoms with van der Waals surface area (Å²) in [6.45, 7) is 4.31. The van der Waals surface area contributed by atoms with Gasteiger partial charge in [0.25, 0.3) is 0 Å². The molecule has 1 N–H and O–H groups in total. The topological polar surface area (TPSA) is 33.4 Å². The van der Waals surface area contributed by atoms with E-state index in [1.54, 1.807) is 12.1 Å². The molecule has 0 radical (unpaired) electrons. The minimum absolute atomic E-state index is 0.253. The molecule has 0 amide bonds. The number of phenolic OH excluding ortho intramolecular Hbond substituents is 1. The lowest BCUT2D eigenvalue weighted by molar-refractivity contribution is 0.471. The quantitative estimate of drug-likeness (QED) is 0.787. The molecule has 0 aliphatic rings. The molecule has 0 spiro atoms. The number of rotatable bonds is 2. The number of hydrogen-bond donors (Lipinski definition) is 1. The number of phenols is 1. The van der Waals surface area contributed by atoms with Crippen LogP contribution in [0.5, 0.6) is 5.75 Å². The Bertz CT molecular complexity index is 441. The zero-order valence-electron chi connectivity index (χ0n) is 8.45. The minimum Gasteiger partial charge on any atom is -0.508 e. The van der Waals surface area contributed by atoms with Crippen molar-refractivity contribution in [2.45, 2.75) is 20.3 Å². The van der Waals surface area contributed by atoms with Gasteiger partial charge in [0.15, 0.2) is 0 Å². The van der Waals surface area contributed by atoms with Crippen molar-refractivity contribution < 1.29 is 9.52 Å². The molecule has 74 valence electrons. The van der Waals surface area contributed by atoms with Crippen LogP contribution in [0.15, 0.2) is 28.7 Å². The average molecular weight is 190 g/mol. The fraction of sp³-hybridized carbons (Fsp3) is 0.333. The molecule has 2 aromatic rings. The number of fused-ring (bicyclic) bond motifs is 1. The predicted octanol–water partition coefficient (Wildman–Crippen LogP) is 3.34. The van der Waals surface area contributed by atoms with Gasteiger partial charge in [-0.15, -0.1) is 0 Å². The van der Waals surface area contributed by atoms with Crippen molar-refractivity contribution in [2.75, 3.05) is 0 Å². The first-order valence-electron chi connectivity index (χ1n) is 4.86. The van der Waals surface area contributed by atoms with Crippen molar-refractivity contribution in [3.05, 3.63) is 30.0 Å². The maximum absolute atomic E-state index is 9.26. The van der Waals surface area contributed by atoms with Crippen LogP contribution in [0, 0.1) is 5.92 Å². The highest BCUT2D eigenvalue weighted by Gasteiger charge is 2.05. The van der Waals surface area contributed by atoms with E-state index in [4.69, 9.17) is 4.42 Å². The highest BCUT2D eigenvalue weighted by atomic mass is 16.3. The number of aromatic hydroxyl groups is 1. The lowest BCUT2D eigenvalue weighted by atomic mass is 10.1. The van der Waals surface area contributed by atoms with E-state index < -0.39 is 0 Å². The van der Waals surface area contributed by atoms with Crippen LogP contribution >= 0.6 is 0 Å². The van der Waals surface area contributed by atoms with Gasteiger partial charge in [0.1, 0.15) is 17.1 Å². The summed E-state index contributed by atoms with van der Waals surface area (Å²) in [7, 11) is 0. The molecule has 0 unspecified atom stereocenters. The zero-order valence-corrected chi connectivity index (χ0v) is 8.45. The molecule has 1 aromatic heterocycles. The first-order chi connectivity index (χ1) is 6.65. The van der Waals surface area contributed by atoms with Gasteiger partial charge in [-0.2, -0.15) is 0 Å². The molecule has 0 saturated heterocycles. The molecule has 0 bridgehead atoms. The van der Waals surface area contributed by atoms with Crippen LogP contribution in [-0.4, -0.2) is 5.11 Å². The smallest absolute Gasteiger partial charge is 0.137 e. The van der Waals surface area contributed by atoms with Crippen molar-refractivity contribution in [3.8, 4) is 5.75 Å². The Hall–Kier alpha value is -1.44. The van der Waals surface area contributed by atoms with E-state index >= 15 is 0 Å². The Labute approximate surface area is 83.2 Å². The first-order valence-corrected chi connectivity index (χ1v) is 4.86. The van der Waals surface area contributed by atoms with E-state index in [9.17, 15) is 5.11 Å². The van der Waals surface area contributed by atoms with Crippen molar-refractivity contribution >= 4 is 11.0 Å². The fourth-order valence-electron chi connectivity index (χ4n) is 1.58. The molecule has 0 atom stereocenters. The second kappa shape index (κ2) is 3.37. The first kappa shape index (κ1) is 9.13. The van der Waals surface area contributed by atoms with Gasteiger partial charge in [0.2, 0.25) is 0 Å². The summed E-state index contributed by atoms with van der Waals surface area (Å²) in [6.07, 6.45) is 0.940. The van der Waals surface area contributed by atoms with Crippen LogP contribution in [0.25, 0.3) is 11.0 Å². The minimum atomic E-state index is 0.253. The standard InChI is InChI=1S/C12H14O2/c1-8(2)5-11-6-9-3-4-10(13)7-12(9)14-11/h3-4,6-8,13H,5H2,1-2H3. The van der Waals surface area contributed by atoms with Gasteiger partial charge >= 0.3 is 0 Å². The molecule has 14 heavy (non-hydrogen) atoms. The molecule has 0 aliphatic carbocycles. The Kier molecular flexibility index (Phi) is 2.20. The Morgan fingerprint density at radius 2 is 2.07 bits per heavy atom. The third-order valence-corrected chi connectivity index (χ3v) is 2.16. The third-order valence-electron chi connectivity index (χ3n) is 2.16. The number of furan rings is 1. The summed E-state index contributed by atoms with van der Waals surface area (Å²) in [4.78, 5) is 0. The summed E-state index contributed by atoms with van der Waals surface area (Å²) in [5.41, 5.74) is 0.764. The van der Waals surface area contributed by atoms with E-state index in [1.807, 2.05) is 12.1 Å². The molecular formula is C12H14O2. The van der Waals surface area contributed by atoms with E-state index in [0.717, 1.165) is 23.2 Å². The van der Waals surface area contributed by atoms with Gasteiger partial charge in [-0.25, -0.2) is 0 Å². The van der Waals surface area contributed by atoms with Crippen molar-refractivity contribution in [1.29, 1.82) is 0 Å². The maximum Gasteiger partial charge on any atom is 0.137 e. The highest BCUT2D eigenvalue weighted by molar-refractivity contribution is 5.79. The van der Waals surface area contributed by atoms with Crippen LogP contribution in [-0.2, 0) is 6.42 Å². The monoisotopic (exact) mass is 190 g/mol. The maximum atomic E-state index is 9.26. The van der Waals surface area contributed by atoms with E-state index in [-0.39, 0.29) is 5.75 Å². The molecule has 2 heteroatoms. The van der Waals surface area contributed by atoms with Crippen LogP contribution in [0.3, 0.4) is 0 Å². The number of hydrogen-bond acceptors (Lipinski definition) is 2. The molecule has 0 aliphatic heterocycles. The summed E-state index contributed by atoms with van der Waals surface area (Å²) in [6, 6.07) is 7.24. The lowest BCUT2D eigenvalue weighted by Gasteiger charge is -1.98. The highest BCUT2D eigenvalue weighted by Crippen LogP contribution is 2.24. The second-order valence-electron chi connectivity index (χ2n) is 4.03. The summed E-state index contributed by atoms with van der Waals surface area (Å²) in [5, 5.41) is 10.3. The van der Waals surface area contributed by atoms with E-state index in [2.05, 4.69) is 13.8 Å². The SMILES string of the molecule is CC(C)Cc1cc2ccc(O)cc2o1. The van der Waals surface area contributed by atoms with Crippen molar-refractivity contribution in [2.24, 2.45) is 5.92 Å². The van der Waals surface area contributed by atoms with Gasteiger partial charge in [0, 0.05) is 17.9 Å². The Balaban J connectivity index is 2.41. The number of benzene rings is 1. The summed E-state index contributed by atoms with van der Waals surface area (Å²) < 4.78 is 5.60. The molecule has 0 saturated carbocycles. The van der Waals surface area contributed by atoms with Gasteiger partial charge < -0.3 is 9.52 Å². The average Bonchev–Trinajstić information content (AvgIpc) is 2.44. The molecule has 0 fully saturated rings. The molecular weight excluding hydrogens is 176 g/mol. The predicted molar refractivity (Wildman–Crippen MR) is 56.4 cm³/mol. The molecule has 1 heterocycles. The van der Waals surface area contributed by atoms with Gasteiger partial charge in [-0.05, 0) is 24.1 Å². The third kappa shape index (κ3) is 1.74. The van der Waals surface area contributed by atoms with Crippen molar-refractivity contribution in [3.63, 3.8) is 0 Å². The van der Waals surface area contributed by atoms with Crippen molar-refractivity contribution in [1.82, 2.24) is 0 Å². The Morgan fingerprint density at radius 1 is 1.29 bits per heavy atom. The van der Waals surface area contributed by atoms with Crippen LogP contribution in [0.2, 0.25) is 0 Å². The van der Waals surface area contributed by atoms with Crippen LogP contribution in [0.4, 0.5) is 0 Å². The molecule has 1 aromatic carbocycles. The van der Waals surface area contributed by atoms with E-state index in [0.29, 0.717) is 5.92 Å². The fourth-order valence-corrected chi connectivity index (χ4v) is 1.58. The van der Waals surface area contributed by atoms with Gasteiger partial charge in [-0.1, -0.05) is 13.8 Å². The van der Waals surface area contributed by atoms with Gasteiger partial charge in [-0.3, -0.25) is 0 Å². The molecule has 2 rings (SSSR count).